The van der Waals surface area contributed by atoms with Crippen LogP contribution in [0.1, 0.15) is 0 Å². The Morgan fingerprint density at radius 3 is 2.04 bits per heavy atom. The van der Waals surface area contributed by atoms with Gasteiger partial charge in [-0.15, -0.1) is 0 Å². The third-order valence-corrected chi connectivity index (χ3v) is 4.27. The average Bonchev–Trinajstić information content (AvgIpc) is 2.73. The van der Waals surface area contributed by atoms with Crippen molar-refractivity contribution in [2.75, 3.05) is 14.2 Å². The van der Waals surface area contributed by atoms with E-state index in [1.165, 1.54) is 0 Å². The van der Waals surface area contributed by atoms with E-state index in [1.807, 2.05) is 72.8 Å². The Hall–Kier alpha value is -3.40. The molecule has 26 heavy (non-hydrogen) atoms. The molecule has 0 saturated heterocycles. The van der Waals surface area contributed by atoms with Crippen molar-refractivity contribution in [3.05, 3.63) is 72.8 Å². The summed E-state index contributed by atoms with van der Waals surface area (Å²) < 4.78 is 10.7. The summed E-state index contributed by atoms with van der Waals surface area (Å²) in [6.45, 7) is 0. The first kappa shape index (κ1) is 16.1. The fraction of sp³-hybridized carbons (Fsp3) is 0.0909. The SMILES string of the molecule is COc1cccc(-c2nc(-c3cccc(OC)c3)c3ccccc3n2)c1. The van der Waals surface area contributed by atoms with E-state index in [0.29, 0.717) is 5.82 Å². The molecule has 0 aliphatic carbocycles. The van der Waals surface area contributed by atoms with Gasteiger partial charge in [0.05, 0.1) is 25.4 Å². The molecule has 0 atom stereocenters. The highest BCUT2D eigenvalue weighted by molar-refractivity contribution is 5.93. The molecule has 0 unspecified atom stereocenters. The minimum Gasteiger partial charge on any atom is -0.497 e. The predicted molar refractivity (Wildman–Crippen MR) is 104 cm³/mol. The Labute approximate surface area is 152 Å². The van der Waals surface area contributed by atoms with Gasteiger partial charge in [0.15, 0.2) is 5.82 Å². The highest BCUT2D eigenvalue weighted by Crippen LogP contribution is 2.31. The molecule has 0 N–H and O–H groups in total. The lowest BCUT2D eigenvalue weighted by molar-refractivity contribution is 0.415. The number of methoxy groups -OCH3 is 2. The topological polar surface area (TPSA) is 44.2 Å². The lowest BCUT2D eigenvalue weighted by Crippen LogP contribution is -1.96. The molecule has 3 aromatic carbocycles. The maximum Gasteiger partial charge on any atom is 0.160 e. The number of nitrogens with zero attached hydrogens (tertiary/aromatic N) is 2. The van der Waals surface area contributed by atoms with E-state index in [4.69, 9.17) is 19.4 Å². The molecule has 0 spiro atoms. The zero-order valence-corrected chi connectivity index (χ0v) is 14.6. The number of ether oxygens (including phenoxy) is 2. The average molecular weight is 342 g/mol. The lowest BCUT2D eigenvalue weighted by atomic mass is 10.1. The van der Waals surface area contributed by atoms with E-state index >= 15 is 0 Å². The summed E-state index contributed by atoms with van der Waals surface area (Å²) in [5, 5.41) is 1.01. The zero-order chi connectivity index (χ0) is 17.9. The van der Waals surface area contributed by atoms with Gasteiger partial charge in [-0.3, -0.25) is 0 Å². The normalized spacial score (nSPS) is 10.7. The van der Waals surface area contributed by atoms with Gasteiger partial charge in [-0.2, -0.15) is 0 Å². The highest BCUT2D eigenvalue weighted by Gasteiger charge is 2.12. The summed E-state index contributed by atoms with van der Waals surface area (Å²) in [4.78, 5) is 9.62. The second-order valence-corrected chi connectivity index (χ2v) is 5.88. The van der Waals surface area contributed by atoms with E-state index < -0.39 is 0 Å². The standard InChI is InChI=1S/C22H18N2O2/c1-25-17-9-5-7-15(13-17)21-19-11-3-4-12-20(19)23-22(24-21)16-8-6-10-18(14-16)26-2/h3-14H,1-2H3. The number of benzene rings is 3. The smallest absolute Gasteiger partial charge is 0.160 e. The van der Waals surface area contributed by atoms with Crippen LogP contribution in [0.2, 0.25) is 0 Å². The van der Waals surface area contributed by atoms with Crippen LogP contribution in [0.25, 0.3) is 33.5 Å². The molecular formula is C22H18N2O2. The van der Waals surface area contributed by atoms with Crippen molar-refractivity contribution in [3.63, 3.8) is 0 Å². The molecule has 128 valence electrons. The predicted octanol–water partition coefficient (Wildman–Crippen LogP) is 4.98. The van der Waals surface area contributed by atoms with Gasteiger partial charge in [-0.05, 0) is 30.3 Å². The minimum absolute atomic E-state index is 0.667. The number of fused-ring (bicyclic) bond motifs is 1. The molecule has 4 heteroatoms. The quantitative estimate of drug-likeness (QED) is 0.524. The summed E-state index contributed by atoms with van der Waals surface area (Å²) in [6.07, 6.45) is 0. The van der Waals surface area contributed by atoms with Crippen LogP contribution in [0, 0.1) is 0 Å². The number of hydrogen-bond donors (Lipinski definition) is 0. The molecule has 0 aliphatic heterocycles. The van der Waals surface area contributed by atoms with Crippen molar-refractivity contribution >= 4 is 10.9 Å². The molecule has 0 fully saturated rings. The minimum atomic E-state index is 0.667. The Morgan fingerprint density at radius 2 is 1.31 bits per heavy atom. The molecule has 0 bridgehead atoms. The third-order valence-electron chi connectivity index (χ3n) is 4.27. The van der Waals surface area contributed by atoms with Crippen LogP contribution in [-0.4, -0.2) is 24.2 Å². The second-order valence-electron chi connectivity index (χ2n) is 5.88. The Balaban J connectivity index is 1.96. The second kappa shape index (κ2) is 6.84. The number of para-hydroxylation sites is 1. The first-order chi connectivity index (χ1) is 12.8. The molecule has 0 radical (unpaired) electrons. The van der Waals surface area contributed by atoms with Crippen LogP contribution in [-0.2, 0) is 0 Å². The van der Waals surface area contributed by atoms with Gasteiger partial charge in [0.25, 0.3) is 0 Å². The molecule has 0 aliphatic rings. The molecular weight excluding hydrogens is 324 g/mol. The molecule has 1 aromatic heterocycles. The number of rotatable bonds is 4. The fourth-order valence-electron chi connectivity index (χ4n) is 2.96. The van der Waals surface area contributed by atoms with Crippen LogP contribution in [0.15, 0.2) is 72.8 Å². The summed E-state index contributed by atoms with van der Waals surface area (Å²) in [6, 6.07) is 23.7. The number of aromatic nitrogens is 2. The van der Waals surface area contributed by atoms with Crippen molar-refractivity contribution in [2.24, 2.45) is 0 Å². The van der Waals surface area contributed by atoms with E-state index in [1.54, 1.807) is 14.2 Å². The van der Waals surface area contributed by atoms with Crippen LogP contribution < -0.4 is 9.47 Å². The van der Waals surface area contributed by atoms with Crippen LogP contribution in [0.3, 0.4) is 0 Å². The first-order valence-corrected chi connectivity index (χ1v) is 8.34. The van der Waals surface area contributed by atoms with Gasteiger partial charge in [0, 0.05) is 16.5 Å². The van der Waals surface area contributed by atoms with Crippen molar-refractivity contribution < 1.29 is 9.47 Å². The molecule has 1 heterocycles. The van der Waals surface area contributed by atoms with E-state index in [-0.39, 0.29) is 0 Å². The molecule has 4 nitrogen and oxygen atoms in total. The van der Waals surface area contributed by atoms with Gasteiger partial charge in [-0.1, -0.05) is 42.5 Å². The van der Waals surface area contributed by atoms with E-state index in [2.05, 4.69) is 0 Å². The Morgan fingerprint density at radius 1 is 0.654 bits per heavy atom. The summed E-state index contributed by atoms with van der Waals surface area (Å²) in [7, 11) is 3.32. The zero-order valence-electron chi connectivity index (χ0n) is 14.6. The molecule has 4 rings (SSSR count). The summed E-state index contributed by atoms with van der Waals surface area (Å²) in [5.41, 5.74) is 3.69. The molecule has 0 saturated carbocycles. The Bertz CT molecular complexity index is 1080. The maximum atomic E-state index is 5.37. The van der Waals surface area contributed by atoms with Crippen molar-refractivity contribution in [3.8, 4) is 34.1 Å². The highest BCUT2D eigenvalue weighted by atomic mass is 16.5. The van der Waals surface area contributed by atoms with E-state index in [9.17, 15) is 0 Å². The molecule has 0 amide bonds. The van der Waals surface area contributed by atoms with Gasteiger partial charge in [-0.25, -0.2) is 9.97 Å². The Kier molecular flexibility index (Phi) is 4.23. The summed E-state index contributed by atoms with van der Waals surface area (Å²) in [5.74, 6) is 2.25. The van der Waals surface area contributed by atoms with Gasteiger partial charge in [0.2, 0.25) is 0 Å². The third kappa shape index (κ3) is 2.97. The lowest BCUT2D eigenvalue weighted by Gasteiger charge is -2.11. The fourth-order valence-corrected chi connectivity index (χ4v) is 2.96. The molecule has 4 aromatic rings. The van der Waals surface area contributed by atoms with Crippen LogP contribution in [0.4, 0.5) is 0 Å². The van der Waals surface area contributed by atoms with Gasteiger partial charge in [0.1, 0.15) is 11.5 Å². The maximum absolute atomic E-state index is 5.37. The van der Waals surface area contributed by atoms with Crippen molar-refractivity contribution in [2.45, 2.75) is 0 Å². The van der Waals surface area contributed by atoms with Crippen molar-refractivity contribution in [1.82, 2.24) is 9.97 Å². The monoisotopic (exact) mass is 342 g/mol. The van der Waals surface area contributed by atoms with Gasteiger partial charge < -0.3 is 9.47 Å². The van der Waals surface area contributed by atoms with Crippen LogP contribution in [0.5, 0.6) is 11.5 Å². The first-order valence-electron chi connectivity index (χ1n) is 8.34. The number of hydrogen-bond acceptors (Lipinski definition) is 4. The summed E-state index contributed by atoms with van der Waals surface area (Å²) >= 11 is 0. The van der Waals surface area contributed by atoms with Crippen molar-refractivity contribution in [1.29, 1.82) is 0 Å². The largest absolute Gasteiger partial charge is 0.497 e. The van der Waals surface area contributed by atoms with E-state index in [0.717, 1.165) is 39.2 Å². The van der Waals surface area contributed by atoms with Crippen LogP contribution >= 0.6 is 0 Å². The van der Waals surface area contributed by atoms with Gasteiger partial charge >= 0.3 is 0 Å².